The maximum Gasteiger partial charge on any atom is 0.147 e. The van der Waals surface area contributed by atoms with E-state index in [9.17, 15) is 0 Å². The highest BCUT2D eigenvalue weighted by molar-refractivity contribution is 6.29. The Balaban J connectivity index is 2.54. The smallest absolute Gasteiger partial charge is 0.147 e. The molecule has 1 rings (SSSR count). The SMILES string of the molecule is CCCCCCC(CCCC)c1cncc(Cl)n1. The van der Waals surface area contributed by atoms with Crippen LogP contribution >= 0.6 is 11.6 Å². The first-order chi connectivity index (χ1) is 8.77. The zero-order valence-corrected chi connectivity index (χ0v) is 12.4. The van der Waals surface area contributed by atoms with Crippen molar-refractivity contribution < 1.29 is 0 Å². The van der Waals surface area contributed by atoms with Crippen molar-refractivity contribution in [1.82, 2.24) is 9.97 Å². The molecule has 0 amide bonds. The van der Waals surface area contributed by atoms with E-state index in [0.29, 0.717) is 11.1 Å². The maximum absolute atomic E-state index is 5.93. The van der Waals surface area contributed by atoms with E-state index in [1.165, 1.54) is 51.4 Å². The van der Waals surface area contributed by atoms with Crippen molar-refractivity contribution in [2.45, 2.75) is 71.1 Å². The van der Waals surface area contributed by atoms with Crippen LogP contribution in [0, 0.1) is 0 Å². The Morgan fingerprint density at radius 3 is 2.39 bits per heavy atom. The number of hydrogen-bond donors (Lipinski definition) is 0. The van der Waals surface area contributed by atoms with Crippen molar-refractivity contribution in [2.24, 2.45) is 0 Å². The number of aromatic nitrogens is 2. The summed E-state index contributed by atoms with van der Waals surface area (Å²) in [4.78, 5) is 8.59. The molecule has 2 nitrogen and oxygen atoms in total. The van der Waals surface area contributed by atoms with Crippen LogP contribution in [0.4, 0.5) is 0 Å². The Morgan fingerprint density at radius 2 is 1.72 bits per heavy atom. The second-order valence-electron chi connectivity index (χ2n) is 4.96. The molecule has 0 fully saturated rings. The molecule has 0 N–H and O–H groups in total. The van der Waals surface area contributed by atoms with Gasteiger partial charge in [0.15, 0.2) is 0 Å². The highest BCUT2D eigenvalue weighted by Gasteiger charge is 2.13. The summed E-state index contributed by atoms with van der Waals surface area (Å²) in [6, 6.07) is 0. The lowest BCUT2D eigenvalue weighted by Crippen LogP contribution is -2.03. The van der Waals surface area contributed by atoms with Gasteiger partial charge in [0.1, 0.15) is 5.15 Å². The summed E-state index contributed by atoms with van der Waals surface area (Å²) in [7, 11) is 0. The minimum absolute atomic E-state index is 0.516. The molecule has 1 aromatic heterocycles. The summed E-state index contributed by atoms with van der Waals surface area (Å²) in [5, 5.41) is 0.516. The van der Waals surface area contributed by atoms with E-state index in [4.69, 9.17) is 11.6 Å². The van der Waals surface area contributed by atoms with Crippen LogP contribution in [-0.2, 0) is 0 Å². The Kier molecular flexibility index (Phi) is 7.99. The van der Waals surface area contributed by atoms with E-state index in [1.807, 2.05) is 6.20 Å². The number of nitrogens with zero attached hydrogens (tertiary/aromatic N) is 2. The molecular weight excluding hydrogens is 244 g/mol. The molecular formula is C15H25ClN2. The molecule has 3 heteroatoms. The van der Waals surface area contributed by atoms with Gasteiger partial charge < -0.3 is 0 Å². The van der Waals surface area contributed by atoms with Crippen LogP contribution in [0.3, 0.4) is 0 Å². The van der Waals surface area contributed by atoms with Gasteiger partial charge in [-0.3, -0.25) is 4.98 Å². The van der Waals surface area contributed by atoms with E-state index in [0.717, 1.165) is 5.69 Å². The fraction of sp³-hybridized carbons (Fsp3) is 0.733. The molecule has 0 saturated heterocycles. The second-order valence-corrected chi connectivity index (χ2v) is 5.34. The van der Waals surface area contributed by atoms with Crippen molar-refractivity contribution in [3.05, 3.63) is 23.2 Å². The summed E-state index contributed by atoms with van der Waals surface area (Å²) < 4.78 is 0. The third-order valence-electron chi connectivity index (χ3n) is 3.35. The molecule has 1 aromatic rings. The average molecular weight is 269 g/mol. The average Bonchev–Trinajstić information content (AvgIpc) is 2.38. The summed E-state index contributed by atoms with van der Waals surface area (Å²) in [6.45, 7) is 4.48. The Hall–Kier alpha value is -0.630. The quantitative estimate of drug-likeness (QED) is 0.562. The molecule has 0 aliphatic rings. The molecule has 0 aliphatic carbocycles. The van der Waals surface area contributed by atoms with E-state index < -0.39 is 0 Å². The number of rotatable bonds is 9. The van der Waals surface area contributed by atoms with Crippen molar-refractivity contribution >= 4 is 11.6 Å². The highest BCUT2D eigenvalue weighted by atomic mass is 35.5. The molecule has 1 atom stereocenters. The zero-order chi connectivity index (χ0) is 13.2. The zero-order valence-electron chi connectivity index (χ0n) is 11.7. The van der Waals surface area contributed by atoms with Gasteiger partial charge in [-0.25, -0.2) is 4.98 Å². The van der Waals surface area contributed by atoms with E-state index in [-0.39, 0.29) is 0 Å². The molecule has 0 aliphatic heterocycles. The normalized spacial score (nSPS) is 12.6. The molecule has 0 aromatic carbocycles. The van der Waals surface area contributed by atoms with Gasteiger partial charge >= 0.3 is 0 Å². The molecule has 102 valence electrons. The van der Waals surface area contributed by atoms with Gasteiger partial charge in [0.05, 0.1) is 11.9 Å². The van der Waals surface area contributed by atoms with E-state index in [1.54, 1.807) is 6.20 Å². The van der Waals surface area contributed by atoms with Crippen LogP contribution in [-0.4, -0.2) is 9.97 Å². The van der Waals surface area contributed by atoms with Gasteiger partial charge in [0.2, 0.25) is 0 Å². The standard InChI is InChI=1S/C15H25ClN2/c1-3-5-7-8-10-13(9-6-4-2)14-11-17-12-15(16)18-14/h11-13H,3-10H2,1-2H3. The fourth-order valence-corrected chi connectivity index (χ4v) is 2.41. The largest absolute Gasteiger partial charge is 0.260 e. The maximum atomic E-state index is 5.93. The van der Waals surface area contributed by atoms with Crippen LogP contribution in [0.15, 0.2) is 12.4 Å². The molecule has 0 radical (unpaired) electrons. The van der Waals surface area contributed by atoms with Gasteiger partial charge in [-0.15, -0.1) is 0 Å². The predicted molar refractivity (Wildman–Crippen MR) is 78.1 cm³/mol. The number of hydrogen-bond acceptors (Lipinski definition) is 2. The van der Waals surface area contributed by atoms with Gasteiger partial charge in [-0.1, -0.05) is 64.0 Å². The lowest BCUT2D eigenvalue weighted by molar-refractivity contribution is 0.499. The minimum atomic E-state index is 0.516. The summed E-state index contributed by atoms with van der Waals surface area (Å²) in [5.41, 5.74) is 1.08. The third kappa shape index (κ3) is 5.81. The minimum Gasteiger partial charge on any atom is -0.260 e. The van der Waals surface area contributed by atoms with Gasteiger partial charge in [-0.2, -0.15) is 0 Å². The molecule has 0 saturated carbocycles. The highest BCUT2D eigenvalue weighted by Crippen LogP contribution is 2.27. The van der Waals surface area contributed by atoms with Crippen LogP contribution in [0.1, 0.15) is 76.8 Å². The topological polar surface area (TPSA) is 25.8 Å². The van der Waals surface area contributed by atoms with Crippen molar-refractivity contribution in [1.29, 1.82) is 0 Å². The second kappa shape index (κ2) is 9.32. The first-order valence-electron chi connectivity index (χ1n) is 7.25. The van der Waals surface area contributed by atoms with Crippen molar-refractivity contribution in [2.75, 3.05) is 0 Å². The summed E-state index contributed by atoms with van der Waals surface area (Å²) in [5.74, 6) is 0.535. The van der Waals surface area contributed by atoms with Crippen molar-refractivity contribution in [3.8, 4) is 0 Å². The monoisotopic (exact) mass is 268 g/mol. The van der Waals surface area contributed by atoms with Gasteiger partial charge in [-0.05, 0) is 12.8 Å². The van der Waals surface area contributed by atoms with Gasteiger partial charge in [0.25, 0.3) is 0 Å². The lowest BCUT2D eigenvalue weighted by atomic mass is 9.92. The van der Waals surface area contributed by atoms with E-state index in [2.05, 4.69) is 23.8 Å². The molecule has 0 bridgehead atoms. The molecule has 18 heavy (non-hydrogen) atoms. The van der Waals surface area contributed by atoms with Crippen LogP contribution < -0.4 is 0 Å². The molecule has 1 heterocycles. The van der Waals surface area contributed by atoms with Crippen molar-refractivity contribution in [3.63, 3.8) is 0 Å². The third-order valence-corrected chi connectivity index (χ3v) is 3.54. The number of unbranched alkanes of at least 4 members (excludes halogenated alkanes) is 4. The molecule has 0 spiro atoms. The Bertz CT molecular complexity index is 328. The number of halogens is 1. The lowest BCUT2D eigenvalue weighted by Gasteiger charge is -2.15. The summed E-state index contributed by atoms with van der Waals surface area (Å²) >= 11 is 5.93. The summed E-state index contributed by atoms with van der Waals surface area (Å²) in [6.07, 6.45) is 13.6. The van der Waals surface area contributed by atoms with Crippen LogP contribution in [0.5, 0.6) is 0 Å². The Labute approximate surface area is 116 Å². The Morgan fingerprint density at radius 1 is 1.00 bits per heavy atom. The molecule has 1 unspecified atom stereocenters. The van der Waals surface area contributed by atoms with E-state index >= 15 is 0 Å². The fourth-order valence-electron chi connectivity index (χ4n) is 2.26. The first kappa shape index (κ1) is 15.4. The van der Waals surface area contributed by atoms with Gasteiger partial charge in [0, 0.05) is 12.1 Å². The van der Waals surface area contributed by atoms with Crippen LogP contribution in [0.2, 0.25) is 5.15 Å². The predicted octanol–water partition coefficient (Wildman–Crippen LogP) is 5.37. The first-order valence-corrected chi connectivity index (χ1v) is 7.63. The van der Waals surface area contributed by atoms with Crippen LogP contribution in [0.25, 0.3) is 0 Å².